The first-order valence-corrected chi connectivity index (χ1v) is 4.12. The monoisotopic (exact) mass is 130 g/mol. The average Bonchev–Trinajstić information content (AvgIpc) is 1.67. The Morgan fingerprint density at radius 1 is 1.62 bits per heavy atom. The Morgan fingerprint density at radius 2 is 2.00 bits per heavy atom. The van der Waals surface area contributed by atoms with E-state index in [2.05, 4.69) is 6.92 Å². The molecule has 0 aliphatic carbocycles. The number of carbonyl (C=O) groups excluding carboxylic acids is 1. The van der Waals surface area contributed by atoms with E-state index in [1.165, 1.54) is 0 Å². The molecule has 0 aromatic heterocycles. The summed E-state index contributed by atoms with van der Waals surface area (Å²) in [5, 5.41) is 0. The Kier molecular flexibility index (Phi) is 2.41. The van der Waals surface area contributed by atoms with Crippen LogP contribution in [0.1, 0.15) is 20.8 Å². The molecule has 1 atom stereocenters. The summed E-state index contributed by atoms with van der Waals surface area (Å²) in [5.41, 5.74) is 0.506. The molecule has 0 fully saturated rings. The molecule has 0 spiro atoms. The molecule has 0 bridgehead atoms. The molecule has 0 N–H and O–H groups in total. The topological polar surface area (TPSA) is 17.1 Å². The lowest BCUT2D eigenvalue weighted by atomic mass is 9.92. The predicted octanol–water partition coefficient (Wildman–Crippen LogP) is 0.385. The van der Waals surface area contributed by atoms with E-state index in [1.54, 1.807) is 0 Å². The standard InChI is InChI=1S/C6H14OSi/c1-5(8)6(2,3)4-7/h4-5H,1-3,8H3. The Balaban J connectivity index is 3.90. The van der Waals surface area contributed by atoms with Gasteiger partial charge in [-0.2, -0.15) is 0 Å². The van der Waals surface area contributed by atoms with Crippen LogP contribution in [0.25, 0.3) is 0 Å². The Bertz CT molecular complexity index is 86.5. The molecule has 2 heteroatoms. The van der Waals surface area contributed by atoms with E-state index in [-0.39, 0.29) is 5.41 Å². The molecule has 0 aliphatic rings. The Morgan fingerprint density at radius 3 is 2.00 bits per heavy atom. The number of hydrogen-bond acceptors (Lipinski definition) is 1. The Hall–Kier alpha value is -0.113. The molecule has 0 heterocycles. The maximum atomic E-state index is 10.3. The number of carbonyl (C=O) groups is 1. The van der Waals surface area contributed by atoms with Crippen LogP contribution in [0.15, 0.2) is 0 Å². The Labute approximate surface area is 53.9 Å². The lowest BCUT2D eigenvalue weighted by Gasteiger charge is -2.20. The van der Waals surface area contributed by atoms with Crippen LogP contribution in [0.4, 0.5) is 0 Å². The summed E-state index contributed by atoms with van der Waals surface area (Å²) < 4.78 is 0. The second kappa shape index (κ2) is 2.44. The van der Waals surface area contributed by atoms with E-state index in [9.17, 15) is 4.79 Å². The molecular weight excluding hydrogens is 116 g/mol. The number of hydrogen-bond donors (Lipinski definition) is 0. The van der Waals surface area contributed by atoms with E-state index >= 15 is 0 Å². The van der Waals surface area contributed by atoms with Gasteiger partial charge in [-0.15, -0.1) is 0 Å². The summed E-state index contributed by atoms with van der Waals surface area (Å²) in [4.78, 5) is 10.3. The lowest BCUT2D eigenvalue weighted by molar-refractivity contribution is -0.114. The molecule has 48 valence electrons. The predicted molar refractivity (Wildman–Crippen MR) is 39.2 cm³/mol. The van der Waals surface area contributed by atoms with E-state index < -0.39 is 0 Å². The van der Waals surface area contributed by atoms with Crippen LogP contribution in [0.3, 0.4) is 0 Å². The first kappa shape index (κ1) is 7.89. The van der Waals surface area contributed by atoms with Crippen molar-refractivity contribution in [2.75, 3.05) is 0 Å². The zero-order valence-corrected chi connectivity index (χ0v) is 8.06. The minimum absolute atomic E-state index is 0.0772. The first-order valence-electron chi connectivity index (χ1n) is 2.97. The summed E-state index contributed by atoms with van der Waals surface area (Å²) in [5.74, 6) is 0. The summed E-state index contributed by atoms with van der Waals surface area (Å²) in [7, 11) is 1.11. The fraction of sp³-hybridized carbons (Fsp3) is 0.833. The molecule has 0 aliphatic heterocycles. The molecule has 0 saturated heterocycles. The van der Waals surface area contributed by atoms with Crippen LogP contribution >= 0.6 is 0 Å². The molecule has 1 nitrogen and oxygen atoms in total. The molecule has 8 heavy (non-hydrogen) atoms. The van der Waals surface area contributed by atoms with Gasteiger partial charge in [-0.3, -0.25) is 0 Å². The third-order valence-electron chi connectivity index (χ3n) is 1.79. The smallest absolute Gasteiger partial charge is 0.125 e. The molecule has 0 radical (unpaired) electrons. The molecule has 0 aromatic rings. The molecule has 0 amide bonds. The SMILES string of the molecule is CC([SiH3])C(C)(C)C=O. The number of rotatable bonds is 2. The quantitative estimate of drug-likeness (QED) is 0.390. The fourth-order valence-electron chi connectivity index (χ4n) is 0.136. The van der Waals surface area contributed by atoms with Crippen molar-refractivity contribution in [2.24, 2.45) is 5.41 Å². The van der Waals surface area contributed by atoms with Crippen LogP contribution in [0, 0.1) is 5.41 Å². The van der Waals surface area contributed by atoms with E-state index in [1.807, 2.05) is 13.8 Å². The molecule has 0 rings (SSSR count). The maximum absolute atomic E-state index is 10.3. The summed E-state index contributed by atoms with van der Waals surface area (Å²) >= 11 is 0. The van der Waals surface area contributed by atoms with Crippen molar-refractivity contribution < 1.29 is 4.79 Å². The highest BCUT2D eigenvalue weighted by Gasteiger charge is 2.20. The van der Waals surface area contributed by atoms with Crippen molar-refractivity contribution in [1.29, 1.82) is 0 Å². The van der Waals surface area contributed by atoms with Gasteiger partial charge in [0.2, 0.25) is 0 Å². The summed E-state index contributed by atoms with van der Waals surface area (Å²) in [6.45, 7) is 6.08. The largest absolute Gasteiger partial charge is 0.303 e. The van der Waals surface area contributed by atoms with Gasteiger partial charge in [0, 0.05) is 15.7 Å². The van der Waals surface area contributed by atoms with Gasteiger partial charge in [-0.1, -0.05) is 20.8 Å². The van der Waals surface area contributed by atoms with Gasteiger partial charge in [0.15, 0.2) is 0 Å². The van der Waals surface area contributed by atoms with Gasteiger partial charge < -0.3 is 4.79 Å². The van der Waals surface area contributed by atoms with Crippen molar-refractivity contribution in [1.82, 2.24) is 0 Å². The second-order valence-electron chi connectivity index (χ2n) is 3.09. The van der Waals surface area contributed by atoms with Crippen LogP contribution in [-0.2, 0) is 4.79 Å². The highest BCUT2D eigenvalue weighted by atomic mass is 28.1. The fourth-order valence-corrected chi connectivity index (χ4v) is 0.272. The highest BCUT2D eigenvalue weighted by Crippen LogP contribution is 2.24. The molecule has 0 saturated carbocycles. The molecule has 1 unspecified atom stereocenters. The number of aldehydes is 1. The van der Waals surface area contributed by atoms with E-state index in [4.69, 9.17) is 0 Å². The third kappa shape index (κ3) is 1.78. The van der Waals surface area contributed by atoms with Gasteiger partial charge in [-0.05, 0) is 5.54 Å². The van der Waals surface area contributed by atoms with Gasteiger partial charge in [0.05, 0.1) is 0 Å². The molecular formula is C6H14OSi. The van der Waals surface area contributed by atoms with Crippen LogP contribution in [-0.4, -0.2) is 16.5 Å². The normalized spacial score (nSPS) is 15.9. The second-order valence-corrected chi connectivity index (χ2v) is 4.83. The van der Waals surface area contributed by atoms with Crippen LogP contribution in [0.2, 0.25) is 5.54 Å². The minimum atomic E-state index is -0.0772. The zero-order valence-electron chi connectivity index (χ0n) is 6.06. The summed E-state index contributed by atoms with van der Waals surface area (Å²) in [6.07, 6.45) is 1.05. The zero-order chi connectivity index (χ0) is 6.78. The van der Waals surface area contributed by atoms with Crippen molar-refractivity contribution >= 4 is 16.5 Å². The van der Waals surface area contributed by atoms with Gasteiger partial charge >= 0.3 is 0 Å². The van der Waals surface area contributed by atoms with Gasteiger partial charge in [-0.25, -0.2) is 0 Å². The highest BCUT2D eigenvalue weighted by molar-refractivity contribution is 6.13. The van der Waals surface area contributed by atoms with Gasteiger partial charge in [0.1, 0.15) is 6.29 Å². The third-order valence-corrected chi connectivity index (χ3v) is 3.28. The maximum Gasteiger partial charge on any atom is 0.125 e. The van der Waals surface area contributed by atoms with E-state index in [0.717, 1.165) is 16.5 Å². The van der Waals surface area contributed by atoms with Crippen molar-refractivity contribution in [3.63, 3.8) is 0 Å². The van der Waals surface area contributed by atoms with Crippen LogP contribution < -0.4 is 0 Å². The van der Waals surface area contributed by atoms with Crippen LogP contribution in [0.5, 0.6) is 0 Å². The van der Waals surface area contributed by atoms with Gasteiger partial charge in [0.25, 0.3) is 0 Å². The minimum Gasteiger partial charge on any atom is -0.303 e. The first-order chi connectivity index (χ1) is 3.50. The van der Waals surface area contributed by atoms with Crippen molar-refractivity contribution in [2.45, 2.75) is 26.3 Å². The van der Waals surface area contributed by atoms with Crippen molar-refractivity contribution in [3.05, 3.63) is 0 Å². The molecule has 0 aromatic carbocycles. The average molecular weight is 130 g/mol. The van der Waals surface area contributed by atoms with Crippen molar-refractivity contribution in [3.8, 4) is 0 Å². The lowest BCUT2D eigenvalue weighted by Crippen LogP contribution is -2.18. The van der Waals surface area contributed by atoms with E-state index in [0.29, 0.717) is 5.54 Å². The summed E-state index contributed by atoms with van der Waals surface area (Å²) in [6, 6.07) is 0.